The van der Waals surface area contributed by atoms with E-state index in [-0.39, 0.29) is 24.2 Å². The van der Waals surface area contributed by atoms with Crippen LogP contribution in [0.3, 0.4) is 0 Å². The fourth-order valence-electron chi connectivity index (χ4n) is 1.72. The van der Waals surface area contributed by atoms with Gasteiger partial charge in [0.25, 0.3) is 5.82 Å². The number of hydrogen-bond acceptors (Lipinski definition) is 5. The van der Waals surface area contributed by atoms with E-state index in [1.165, 1.54) is 30.3 Å². The number of benzene rings is 1. The van der Waals surface area contributed by atoms with Crippen LogP contribution in [0.1, 0.15) is 22.2 Å². The van der Waals surface area contributed by atoms with Crippen molar-refractivity contribution in [2.75, 3.05) is 13.7 Å². The molecule has 19 heavy (non-hydrogen) atoms. The molecule has 0 spiro atoms. The highest BCUT2D eigenvalue weighted by Crippen LogP contribution is 2.17. The molecular formula is C12H13FN4O2. The predicted octanol–water partition coefficient (Wildman–Crippen LogP) is 0.752. The maximum atomic E-state index is 13.2. The van der Waals surface area contributed by atoms with Crippen LogP contribution in [0, 0.1) is 5.82 Å². The molecule has 0 aliphatic carbocycles. The number of ether oxygens (including phenoxy) is 1. The Hall–Kier alpha value is -2.28. The van der Waals surface area contributed by atoms with Gasteiger partial charge in [-0.1, -0.05) is 12.1 Å². The summed E-state index contributed by atoms with van der Waals surface area (Å²) in [6.45, 7) is 0.202. The summed E-state index contributed by atoms with van der Waals surface area (Å²) >= 11 is 0. The summed E-state index contributed by atoms with van der Waals surface area (Å²) in [4.78, 5) is 15.1. The lowest BCUT2D eigenvalue weighted by atomic mass is 10.1. The summed E-state index contributed by atoms with van der Waals surface area (Å²) in [5.74, 6) is -1.05. The molecule has 0 saturated carbocycles. The largest absolute Gasteiger partial charge is 0.463 e. The molecule has 0 aliphatic heterocycles. The highest BCUT2D eigenvalue weighted by molar-refractivity contribution is 5.84. The fourth-order valence-corrected chi connectivity index (χ4v) is 1.72. The lowest BCUT2D eigenvalue weighted by Crippen LogP contribution is -2.21. The van der Waals surface area contributed by atoms with Crippen LogP contribution in [-0.2, 0) is 4.74 Å². The maximum Gasteiger partial charge on any atom is 0.377 e. The van der Waals surface area contributed by atoms with Crippen molar-refractivity contribution in [3.8, 4) is 0 Å². The van der Waals surface area contributed by atoms with E-state index in [1.54, 1.807) is 12.1 Å². The Morgan fingerprint density at radius 3 is 3.00 bits per heavy atom. The van der Waals surface area contributed by atoms with Crippen LogP contribution in [0.25, 0.3) is 0 Å². The molecule has 2 aromatic rings. The number of hydrogen-bond donors (Lipinski definition) is 1. The molecule has 1 heterocycles. The topological polar surface area (TPSA) is 83.0 Å². The Balaban J connectivity index is 2.32. The van der Waals surface area contributed by atoms with Gasteiger partial charge < -0.3 is 10.5 Å². The van der Waals surface area contributed by atoms with E-state index in [4.69, 9.17) is 5.73 Å². The Morgan fingerprint density at radius 2 is 2.37 bits per heavy atom. The normalized spacial score (nSPS) is 12.2. The molecule has 0 aliphatic rings. The first-order valence-corrected chi connectivity index (χ1v) is 5.60. The van der Waals surface area contributed by atoms with Crippen LogP contribution in [0.4, 0.5) is 4.39 Å². The van der Waals surface area contributed by atoms with Gasteiger partial charge in [-0.25, -0.2) is 18.9 Å². The summed E-state index contributed by atoms with van der Waals surface area (Å²) in [5.41, 5.74) is 6.33. The van der Waals surface area contributed by atoms with Crippen molar-refractivity contribution in [2.45, 2.75) is 6.04 Å². The van der Waals surface area contributed by atoms with E-state index in [2.05, 4.69) is 14.8 Å². The van der Waals surface area contributed by atoms with Crippen molar-refractivity contribution in [1.29, 1.82) is 0 Å². The number of halogens is 1. The molecule has 0 amide bonds. The number of methoxy groups -OCH3 is 1. The minimum Gasteiger partial charge on any atom is -0.463 e. The zero-order valence-corrected chi connectivity index (χ0v) is 10.3. The summed E-state index contributed by atoms with van der Waals surface area (Å²) in [7, 11) is 1.25. The molecule has 6 nitrogen and oxygen atoms in total. The number of rotatable bonds is 4. The van der Waals surface area contributed by atoms with Crippen molar-refractivity contribution in [3.63, 3.8) is 0 Å². The standard InChI is InChI=1S/C12H13FN4O2/c1-19-12(18)11-15-7-17(16-11)10(6-14)8-3-2-4-9(13)5-8/h2-5,7,10H,6,14H2,1H3. The highest BCUT2D eigenvalue weighted by atomic mass is 19.1. The second kappa shape index (κ2) is 5.57. The summed E-state index contributed by atoms with van der Waals surface area (Å²) in [6.07, 6.45) is 1.37. The van der Waals surface area contributed by atoms with Gasteiger partial charge in [0.15, 0.2) is 0 Å². The minimum absolute atomic E-state index is 0.0580. The van der Waals surface area contributed by atoms with Crippen molar-refractivity contribution in [3.05, 3.63) is 47.8 Å². The molecule has 2 rings (SSSR count). The van der Waals surface area contributed by atoms with Crippen molar-refractivity contribution >= 4 is 5.97 Å². The third-order valence-corrected chi connectivity index (χ3v) is 2.65. The first-order chi connectivity index (χ1) is 9.15. The van der Waals surface area contributed by atoms with Gasteiger partial charge in [-0.15, -0.1) is 5.10 Å². The highest BCUT2D eigenvalue weighted by Gasteiger charge is 2.17. The molecule has 0 saturated heterocycles. The fraction of sp³-hybridized carbons (Fsp3) is 0.250. The molecule has 1 aromatic heterocycles. The van der Waals surface area contributed by atoms with E-state index in [0.717, 1.165) is 0 Å². The molecule has 0 fully saturated rings. The monoisotopic (exact) mass is 264 g/mol. The van der Waals surface area contributed by atoms with Gasteiger partial charge in [0.1, 0.15) is 12.1 Å². The van der Waals surface area contributed by atoms with Crippen molar-refractivity contribution in [1.82, 2.24) is 14.8 Å². The maximum absolute atomic E-state index is 13.2. The lowest BCUT2D eigenvalue weighted by Gasteiger charge is -2.15. The Morgan fingerprint density at radius 1 is 1.58 bits per heavy atom. The summed E-state index contributed by atoms with van der Waals surface area (Å²) in [6, 6.07) is 5.66. The second-order valence-electron chi connectivity index (χ2n) is 3.85. The van der Waals surface area contributed by atoms with Crippen LogP contribution in [0.2, 0.25) is 0 Å². The molecule has 0 radical (unpaired) electrons. The number of carbonyl (C=O) groups is 1. The van der Waals surface area contributed by atoms with Crippen LogP contribution >= 0.6 is 0 Å². The zero-order valence-electron chi connectivity index (χ0n) is 10.3. The number of nitrogens with two attached hydrogens (primary N) is 1. The van der Waals surface area contributed by atoms with E-state index < -0.39 is 5.97 Å². The molecule has 100 valence electrons. The van der Waals surface area contributed by atoms with Crippen LogP contribution in [-0.4, -0.2) is 34.4 Å². The predicted molar refractivity (Wildman–Crippen MR) is 65.0 cm³/mol. The SMILES string of the molecule is COC(=O)c1ncn(C(CN)c2cccc(F)c2)n1. The molecule has 1 atom stereocenters. The molecule has 1 aromatic carbocycles. The van der Waals surface area contributed by atoms with Gasteiger partial charge in [0, 0.05) is 6.54 Å². The van der Waals surface area contributed by atoms with Crippen LogP contribution < -0.4 is 5.73 Å². The second-order valence-corrected chi connectivity index (χ2v) is 3.85. The number of carbonyl (C=O) groups excluding carboxylic acids is 1. The first-order valence-electron chi connectivity index (χ1n) is 5.60. The molecule has 7 heteroatoms. The number of nitrogens with zero attached hydrogens (tertiary/aromatic N) is 3. The Labute approximate surface area is 109 Å². The van der Waals surface area contributed by atoms with E-state index in [1.807, 2.05) is 0 Å². The number of aromatic nitrogens is 3. The third kappa shape index (κ3) is 2.76. The van der Waals surface area contributed by atoms with Gasteiger partial charge in [-0.05, 0) is 17.7 Å². The average Bonchev–Trinajstić information content (AvgIpc) is 2.88. The quantitative estimate of drug-likeness (QED) is 0.824. The van der Waals surface area contributed by atoms with Crippen LogP contribution in [0.15, 0.2) is 30.6 Å². The van der Waals surface area contributed by atoms with Gasteiger partial charge in [-0.2, -0.15) is 0 Å². The molecular weight excluding hydrogens is 251 g/mol. The minimum atomic E-state index is -0.631. The van der Waals surface area contributed by atoms with Gasteiger partial charge >= 0.3 is 5.97 Å². The number of esters is 1. The van der Waals surface area contributed by atoms with Crippen molar-refractivity contribution < 1.29 is 13.9 Å². The average molecular weight is 264 g/mol. The van der Waals surface area contributed by atoms with Gasteiger partial charge in [0.05, 0.1) is 13.2 Å². The Kier molecular flexibility index (Phi) is 3.86. The van der Waals surface area contributed by atoms with E-state index in [0.29, 0.717) is 5.56 Å². The van der Waals surface area contributed by atoms with Crippen LogP contribution in [0.5, 0.6) is 0 Å². The molecule has 1 unspecified atom stereocenters. The molecule has 2 N–H and O–H groups in total. The van der Waals surface area contributed by atoms with Gasteiger partial charge in [-0.3, -0.25) is 0 Å². The van der Waals surface area contributed by atoms with Crippen molar-refractivity contribution in [2.24, 2.45) is 5.73 Å². The van der Waals surface area contributed by atoms with Gasteiger partial charge in [0.2, 0.25) is 0 Å². The summed E-state index contributed by atoms with van der Waals surface area (Å²) in [5, 5.41) is 3.99. The first kappa shape index (κ1) is 13.2. The zero-order chi connectivity index (χ0) is 13.8. The van der Waals surface area contributed by atoms with E-state index >= 15 is 0 Å². The smallest absolute Gasteiger partial charge is 0.377 e. The van der Waals surface area contributed by atoms with E-state index in [9.17, 15) is 9.18 Å². The Bertz CT molecular complexity index is 585. The summed E-state index contributed by atoms with van der Waals surface area (Å²) < 4.78 is 19.1. The lowest BCUT2D eigenvalue weighted by molar-refractivity contribution is 0.0586. The third-order valence-electron chi connectivity index (χ3n) is 2.65. The molecule has 0 bridgehead atoms.